The first-order valence-corrected chi connectivity index (χ1v) is 7.17. The summed E-state index contributed by atoms with van der Waals surface area (Å²) in [6.07, 6.45) is 4.33. The molecule has 1 heterocycles. The van der Waals surface area contributed by atoms with Crippen molar-refractivity contribution in [1.29, 1.82) is 0 Å². The number of hydrogen-bond donors (Lipinski definition) is 0. The lowest BCUT2D eigenvalue weighted by Gasteiger charge is -2.42. The zero-order chi connectivity index (χ0) is 12.4. The third-order valence-electron chi connectivity index (χ3n) is 5.26. The van der Waals surface area contributed by atoms with Crippen LogP contribution in [0.4, 0.5) is 0 Å². The van der Waals surface area contributed by atoms with Crippen molar-refractivity contribution in [3.8, 4) is 0 Å². The second-order valence-corrected chi connectivity index (χ2v) is 7.56. The van der Waals surface area contributed by atoms with Crippen LogP contribution in [0, 0.1) is 23.2 Å². The van der Waals surface area contributed by atoms with Gasteiger partial charge in [0.05, 0.1) is 12.2 Å². The zero-order valence-corrected chi connectivity index (χ0v) is 11.8. The Morgan fingerprint density at radius 1 is 1.00 bits per heavy atom. The van der Waals surface area contributed by atoms with Crippen LogP contribution in [0.3, 0.4) is 0 Å². The number of rotatable bonds is 0. The smallest absolute Gasteiger partial charge is 0.172 e. The minimum atomic E-state index is -0.223. The monoisotopic (exact) mass is 238 g/mol. The van der Waals surface area contributed by atoms with Gasteiger partial charge >= 0.3 is 0 Å². The molecule has 0 aromatic carbocycles. The van der Waals surface area contributed by atoms with Gasteiger partial charge < -0.3 is 9.47 Å². The van der Waals surface area contributed by atoms with Gasteiger partial charge in [0, 0.05) is 12.3 Å². The lowest BCUT2D eigenvalue weighted by atomic mass is 9.70. The van der Waals surface area contributed by atoms with E-state index in [4.69, 9.17) is 9.47 Å². The van der Waals surface area contributed by atoms with Crippen molar-refractivity contribution >= 4 is 0 Å². The molecule has 2 aliphatic carbocycles. The first-order valence-electron chi connectivity index (χ1n) is 7.17. The van der Waals surface area contributed by atoms with Crippen LogP contribution in [0.15, 0.2) is 0 Å². The summed E-state index contributed by atoms with van der Waals surface area (Å²) < 4.78 is 12.5. The molecule has 5 atom stereocenters. The molecule has 0 unspecified atom stereocenters. The normalized spacial score (nSPS) is 48.2. The molecule has 1 spiro atoms. The van der Waals surface area contributed by atoms with Crippen molar-refractivity contribution < 1.29 is 9.47 Å². The van der Waals surface area contributed by atoms with Crippen molar-refractivity contribution in [1.82, 2.24) is 0 Å². The Hall–Kier alpha value is -0.0800. The Balaban J connectivity index is 1.82. The largest absolute Gasteiger partial charge is 0.344 e. The SMILES string of the molecule is C[C@H]1OC2(C[C@@H](C(C)(C)C)C[C@@H]3C[C@@H]32)O[C@@H]1C. The maximum atomic E-state index is 6.26. The molecule has 0 aromatic heterocycles. The molecule has 0 aromatic rings. The Labute approximate surface area is 105 Å². The molecule has 2 saturated carbocycles. The summed E-state index contributed by atoms with van der Waals surface area (Å²) in [4.78, 5) is 0. The molecule has 0 radical (unpaired) electrons. The molecule has 2 nitrogen and oxygen atoms in total. The van der Waals surface area contributed by atoms with E-state index in [1.165, 1.54) is 12.8 Å². The third-order valence-corrected chi connectivity index (χ3v) is 5.26. The van der Waals surface area contributed by atoms with Gasteiger partial charge in [-0.3, -0.25) is 0 Å². The molecular weight excluding hydrogens is 212 g/mol. The van der Waals surface area contributed by atoms with Gasteiger partial charge in [-0.05, 0) is 43.9 Å². The highest BCUT2D eigenvalue weighted by Crippen LogP contribution is 2.63. The highest BCUT2D eigenvalue weighted by Gasteiger charge is 2.63. The van der Waals surface area contributed by atoms with Gasteiger partial charge in [0.15, 0.2) is 5.79 Å². The van der Waals surface area contributed by atoms with Gasteiger partial charge in [0.25, 0.3) is 0 Å². The lowest BCUT2D eigenvalue weighted by molar-refractivity contribution is -0.218. The molecule has 2 heteroatoms. The van der Waals surface area contributed by atoms with Gasteiger partial charge in [-0.15, -0.1) is 0 Å². The summed E-state index contributed by atoms with van der Waals surface area (Å²) in [7, 11) is 0. The van der Waals surface area contributed by atoms with E-state index >= 15 is 0 Å². The molecule has 17 heavy (non-hydrogen) atoms. The summed E-state index contributed by atoms with van der Waals surface area (Å²) in [5, 5.41) is 0. The predicted molar refractivity (Wildman–Crippen MR) is 67.6 cm³/mol. The summed E-state index contributed by atoms with van der Waals surface area (Å²) in [6, 6.07) is 0. The van der Waals surface area contributed by atoms with Crippen LogP contribution in [-0.4, -0.2) is 18.0 Å². The summed E-state index contributed by atoms with van der Waals surface area (Å²) in [5.41, 5.74) is 0.377. The lowest BCUT2D eigenvalue weighted by Crippen LogP contribution is -2.43. The van der Waals surface area contributed by atoms with Gasteiger partial charge in [0.1, 0.15) is 0 Å². The third kappa shape index (κ3) is 1.84. The van der Waals surface area contributed by atoms with Crippen LogP contribution in [0.2, 0.25) is 0 Å². The molecule has 0 N–H and O–H groups in total. The van der Waals surface area contributed by atoms with E-state index in [0.717, 1.165) is 18.3 Å². The number of hydrogen-bond acceptors (Lipinski definition) is 2. The molecule has 1 saturated heterocycles. The van der Waals surface area contributed by atoms with E-state index in [1.54, 1.807) is 0 Å². The average Bonchev–Trinajstić information content (AvgIpc) is 2.90. The summed E-state index contributed by atoms with van der Waals surface area (Å²) in [6.45, 7) is 11.4. The van der Waals surface area contributed by atoms with E-state index in [1.807, 2.05) is 0 Å². The minimum Gasteiger partial charge on any atom is -0.344 e. The van der Waals surface area contributed by atoms with E-state index in [0.29, 0.717) is 11.3 Å². The fourth-order valence-corrected chi connectivity index (χ4v) is 3.77. The topological polar surface area (TPSA) is 18.5 Å². The fourth-order valence-electron chi connectivity index (χ4n) is 3.77. The predicted octanol–water partition coefficient (Wildman–Crippen LogP) is 3.60. The minimum absolute atomic E-state index is 0.223. The van der Waals surface area contributed by atoms with Gasteiger partial charge in [-0.1, -0.05) is 20.8 Å². The Morgan fingerprint density at radius 2 is 1.59 bits per heavy atom. The molecule has 98 valence electrons. The molecular formula is C15H26O2. The van der Waals surface area contributed by atoms with Gasteiger partial charge in [0.2, 0.25) is 0 Å². The average molecular weight is 238 g/mol. The maximum absolute atomic E-state index is 6.26. The first kappa shape index (κ1) is 12.0. The van der Waals surface area contributed by atoms with E-state index < -0.39 is 0 Å². The van der Waals surface area contributed by atoms with Crippen LogP contribution in [0.25, 0.3) is 0 Å². The van der Waals surface area contributed by atoms with E-state index in [9.17, 15) is 0 Å². The summed E-state index contributed by atoms with van der Waals surface area (Å²) in [5.74, 6) is 2.07. The molecule has 1 aliphatic heterocycles. The van der Waals surface area contributed by atoms with Crippen LogP contribution in [0.1, 0.15) is 53.9 Å². The van der Waals surface area contributed by atoms with Crippen molar-refractivity contribution in [2.75, 3.05) is 0 Å². The molecule has 0 amide bonds. The van der Waals surface area contributed by atoms with E-state index in [2.05, 4.69) is 34.6 Å². The van der Waals surface area contributed by atoms with Crippen LogP contribution in [0.5, 0.6) is 0 Å². The molecule has 3 fully saturated rings. The van der Waals surface area contributed by atoms with Crippen molar-refractivity contribution in [2.45, 2.75) is 71.9 Å². The zero-order valence-electron chi connectivity index (χ0n) is 11.8. The van der Waals surface area contributed by atoms with Gasteiger partial charge in [-0.2, -0.15) is 0 Å². The van der Waals surface area contributed by atoms with E-state index in [-0.39, 0.29) is 18.0 Å². The van der Waals surface area contributed by atoms with Crippen LogP contribution >= 0.6 is 0 Å². The van der Waals surface area contributed by atoms with Crippen LogP contribution in [-0.2, 0) is 9.47 Å². The highest BCUT2D eigenvalue weighted by molar-refractivity contribution is 5.07. The van der Waals surface area contributed by atoms with Crippen molar-refractivity contribution in [3.05, 3.63) is 0 Å². The molecule has 3 rings (SSSR count). The first-order chi connectivity index (χ1) is 7.82. The van der Waals surface area contributed by atoms with Crippen molar-refractivity contribution in [3.63, 3.8) is 0 Å². The molecule has 0 bridgehead atoms. The Morgan fingerprint density at radius 3 is 2.12 bits per heavy atom. The maximum Gasteiger partial charge on any atom is 0.172 e. The van der Waals surface area contributed by atoms with Gasteiger partial charge in [-0.25, -0.2) is 0 Å². The Bertz CT molecular complexity index is 307. The van der Waals surface area contributed by atoms with Crippen LogP contribution < -0.4 is 0 Å². The Kier molecular flexibility index (Phi) is 2.45. The second kappa shape index (κ2) is 3.48. The standard InChI is InChI=1S/C15H26O2/c1-9-10(2)17-15(16-9)8-12(14(3,4)5)6-11-7-13(11)15/h9-13H,6-8H2,1-5H3/t9-,10-,11-,12+,13+/m1/s1. The number of fused-ring (bicyclic) bond motifs is 2. The second-order valence-electron chi connectivity index (χ2n) is 7.56. The quantitative estimate of drug-likeness (QED) is 0.642. The summed E-state index contributed by atoms with van der Waals surface area (Å²) >= 11 is 0. The highest BCUT2D eigenvalue weighted by atomic mass is 16.8. The number of ether oxygens (including phenoxy) is 2. The molecule has 3 aliphatic rings. The fraction of sp³-hybridized carbons (Fsp3) is 1.00. The van der Waals surface area contributed by atoms with Crippen molar-refractivity contribution in [2.24, 2.45) is 23.2 Å².